The Hall–Kier alpha value is -1.57. The average molecular weight is 266 g/mol. The summed E-state index contributed by atoms with van der Waals surface area (Å²) in [6.45, 7) is 6.60. The molecule has 1 heterocycles. The molecule has 5 heteroatoms. The van der Waals surface area contributed by atoms with Crippen LogP contribution in [0.3, 0.4) is 0 Å². The van der Waals surface area contributed by atoms with E-state index in [0.29, 0.717) is 26.1 Å². The fraction of sp³-hybridized carbons (Fsp3) is 0.786. The van der Waals surface area contributed by atoms with Gasteiger partial charge in [0.2, 0.25) is 5.91 Å². The number of rotatable bonds is 4. The number of likely N-dealkylation sites (tertiary alicyclic amines) is 1. The summed E-state index contributed by atoms with van der Waals surface area (Å²) in [4.78, 5) is 25.7. The third-order valence-electron chi connectivity index (χ3n) is 3.75. The van der Waals surface area contributed by atoms with Crippen molar-refractivity contribution >= 4 is 11.9 Å². The van der Waals surface area contributed by atoms with Crippen LogP contribution in [0.25, 0.3) is 0 Å². The standard InChI is InChI=1S/C14H22N2O3/c1-4-14(3,10-15)13(18)16-8-6-7-11(9-16)12(17)19-5-2/h11H,4-9H2,1-3H3. The van der Waals surface area contributed by atoms with E-state index in [-0.39, 0.29) is 17.8 Å². The highest BCUT2D eigenvalue weighted by Gasteiger charge is 2.38. The van der Waals surface area contributed by atoms with Crippen molar-refractivity contribution in [3.05, 3.63) is 0 Å². The number of nitriles is 1. The quantitative estimate of drug-likeness (QED) is 0.726. The SMILES string of the molecule is CCOC(=O)C1CCCN(C(=O)C(C)(C#N)CC)C1. The predicted octanol–water partition coefficient (Wildman–Crippen LogP) is 1.73. The Bertz CT molecular complexity index is 389. The Balaban J connectivity index is 2.72. The van der Waals surface area contributed by atoms with Crippen molar-refractivity contribution in [3.63, 3.8) is 0 Å². The highest BCUT2D eigenvalue weighted by Crippen LogP contribution is 2.27. The Kier molecular flexibility index (Phi) is 5.34. The molecule has 1 amide bonds. The van der Waals surface area contributed by atoms with Crippen molar-refractivity contribution < 1.29 is 14.3 Å². The molecule has 1 rings (SSSR count). The minimum atomic E-state index is -0.990. The van der Waals surface area contributed by atoms with Crippen LogP contribution in [0, 0.1) is 22.7 Å². The molecule has 1 aliphatic rings. The zero-order chi connectivity index (χ0) is 14.5. The van der Waals surface area contributed by atoms with Crippen LogP contribution in [-0.4, -0.2) is 36.5 Å². The summed E-state index contributed by atoms with van der Waals surface area (Å²) in [5, 5.41) is 9.16. The second kappa shape index (κ2) is 6.55. The lowest BCUT2D eigenvalue weighted by Crippen LogP contribution is -2.48. The molecule has 0 radical (unpaired) electrons. The third-order valence-corrected chi connectivity index (χ3v) is 3.75. The number of piperidine rings is 1. The summed E-state index contributed by atoms with van der Waals surface area (Å²) in [6.07, 6.45) is 2.00. The molecule has 106 valence electrons. The lowest BCUT2D eigenvalue weighted by molar-refractivity contribution is -0.152. The van der Waals surface area contributed by atoms with Crippen LogP contribution in [0.1, 0.15) is 40.0 Å². The van der Waals surface area contributed by atoms with Gasteiger partial charge in [0, 0.05) is 13.1 Å². The van der Waals surface area contributed by atoms with Gasteiger partial charge in [-0.05, 0) is 33.1 Å². The lowest BCUT2D eigenvalue weighted by Gasteiger charge is -2.35. The Morgan fingerprint density at radius 1 is 1.47 bits per heavy atom. The van der Waals surface area contributed by atoms with Crippen molar-refractivity contribution in [1.82, 2.24) is 4.90 Å². The minimum absolute atomic E-state index is 0.175. The molecule has 0 spiro atoms. The molecule has 0 aromatic rings. The number of hydrogen-bond acceptors (Lipinski definition) is 4. The molecule has 1 fully saturated rings. The van der Waals surface area contributed by atoms with Crippen molar-refractivity contribution in [2.24, 2.45) is 11.3 Å². The molecule has 0 bridgehead atoms. The van der Waals surface area contributed by atoms with E-state index in [1.807, 2.05) is 6.92 Å². The highest BCUT2D eigenvalue weighted by molar-refractivity contribution is 5.85. The highest BCUT2D eigenvalue weighted by atomic mass is 16.5. The summed E-state index contributed by atoms with van der Waals surface area (Å²) in [5.41, 5.74) is -0.990. The zero-order valence-electron chi connectivity index (χ0n) is 11.9. The lowest BCUT2D eigenvalue weighted by atomic mass is 9.86. The molecule has 0 N–H and O–H groups in total. The molecule has 0 saturated carbocycles. The second-order valence-electron chi connectivity index (χ2n) is 5.14. The first kappa shape index (κ1) is 15.5. The normalized spacial score (nSPS) is 22.2. The molecule has 2 atom stereocenters. The van der Waals surface area contributed by atoms with E-state index in [1.165, 1.54) is 0 Å². The maximum absolute atomic E-state index is 12.4. The van der Waals surface area contributed by atoms with Gasteiger partial charge in [0.25, 0.3) is 0 Å². The Labute approximate surface area is 114 Å². The maximum atomic E-state index is 12.4. The molecule has 0 aliphatic carbocycles. The molecule has 2 unspecified atom stereocenters. The Morgan fingerprint density at radius 3 is 2.68 bits per heavy atom. The number of carbonyl (C=O) groups excluding carboxylic acids is 2. The summed E-state index contributed by atoms with van der Waals surface area (Å²) < 4.78 is 5.01. The molecule has 5 nitrogen and oxygen atoms in total. The van der Waals surface area contributed by atoms with E-state index in [9.17, 15) is 9.59 Å². The summed E-state index contributed by atoms with van der Waals surface area (Å²) in [5.74, 6) is -0.667. The molecule has 0 aromatic heterocycles. The number of ether oxygens (including phenoxy) is 1. The van der Waals surface area contributed by atoms with E-state index >= 15 is 0 Å². The van der Waals surface area contributed by atoms with Gasteiger partial charge < -0.3 is 9.64 Å². The van der Waals surface area contributed by atoms with E-state index in [4.69, 9.17) is 10.00 Å². The van der Waals surface area contributed by atoms with E-state index in [2.05, 4.69) is 6.07 Å². The van der Waals surface area contributed by atoms with Crippen LogP contribution in [0.2, 0.25) is 0 Å². The average Bonchev–Trinajstić information content (AvgIpc) is 2.46. The van der Waals surface area contributed by atoms with Gasteiger partial charge in [-0.2, -0.15) is 5.26 Å². The van der Waals surface area contributed by atoms with E-state index < -0.39 is 5.41 Å². The van der Waals surface area contributed by atoms with E-state index in [1.54, 1.807) is 18.7 Å². The number of nitrogens with zero attached hydrogens (tertiary/aromatic N) is 2. The van der Waals surface area contributed by atoms with E-state index in [0.717, 1.165) is 12.8 Å². The Morgan fingerprint density at radius 2 is 2.16 bits per heavy atom. The molecule has 0 aromatic carbocycles. The molecular weight excluding hydrogens is 244 g/mol. The van der Waals surface area contributed by atoms with Crippen molar-refractivity contribution in [2.45, 2.75) is 40.0 Å². The number of carbonyl (C=O) groups is 2. The summed E-state index contributed by atoms with van der Waals surface area (Å²) >= 11 is 0. The van der Waals surface area contributed by atoms with Crippen LogP contribution in [-0.2, 0) is 14.3 Å². The molecule has 19 heavy (non-hydrogen) atoms. The van der Waals surface area contributed by atoms with Crippen LogP contribution < -0.4 is 0 Å². The van der Waals surface area contributed by atoms with Crippen molar-refractivity contribution in [3.8, 4) is 6.07 Å². The number of amides is 1. The summed E-state index contributed by atoms with van der Waals surface area (Å²) in [7, 11) is 0. The van der Waals surface area contributed by atoms with Gasteiger partial charge in [0.15, 0.2) is 0 Å². The first-order valence-corrected chi connectivity index (χ1v) is 6.85. The van der Waals surface area contributed by atoms with Gasteiger partial charge >= 0.3 is 5.97 Å². The third kappa shape index (κ3) is 3.46. The van der Waals surface area contributed by atoms with Crippen LogP contribution >= 0.6 is 0 Å². The second-order valence-corrected chi connectivity index (χ2v) is 5.14. The number of hydrogen-bond donors (Lipinski definition) is 0. The monoisotopic (exact) mass is 266 g/mol. The fourth-order valence-corrected chi connectivity index (χ4v) is 2.24. The molecular formula is C14H22N2O3. The topological polar surface area (TPSA) is 70.4 Å². The van der Waals surface area contributed by atoms with Crippen molar-refractivity contribution in [1.29, 1.82) is 5.26 Å². The maximum Gasteiger partial charge on any atom is 0.310 e. The fourth-order valence-electron chi connectivity index (χ4n) is 2.24. The van der Waals surface area contributed by atoms with Crippen molar-refractivity contribution in [2.75, 3.05) is 19.7 Å². The first-order chi connectivity index (χ1) is 8.98. The minimum Gasteiger partial charge on any atom is -0.466 e. The van der Waals surface area contributed by atoms with Gasteiger partial charge in [-0.3, -0.25) is 9.59 Å². The van der Waals surface area contributed by atoms with Crippen LogP contribution in [0.4, 0.5) is 0 Å². The first-order valence-electron chi connectivity index (χ1n) is 6.85. The molecule has 1 saturated heterocycles. The van der Waals surface area contributed by atoms with Gasteiger partial charge in [0.1, 0.15) is 5.41 Å². The summed E-state index contributed by atoms with van der Waals surface area (Å²) in [6, 6.07) is 2.09. The largest absolute Gasteiger partial charge is 0.466 e. The zero-order valence-corrected chi connectivity index (χ0v) is 11.9. The van der Waals surface area contributed by atoms with Crippen LogP contribution in [0.15, 0.2) is 0 Å². The van der Waals surface area contributed by atoms with Gasteiger partial charge in [-0.15, -0.1) is 0 Å². The van der Waals surface area contributed by atoms with Gasteiger partial charge in [-0.1, -0.05) is 6.92 Å². The number of esters is 1. The van der Waals surface area contributed by atoms with Gasteiger partial charge in [0.05, 0.1) is 18.6 Å². The molecule has 1 aliphatic heterocycles. The van der Waals surface area contributed by atoms with Gasteiger partial charge in [-0.25, -0.2) is 0 Å². The smallest absolute Gasteiger partial charge is 0.310 e. The predicted molar refractivity (Wildman–Crippen MR) is 69.9 cm³/mol. The van der Waals surface area contributed by atoms with Crippen LogP contribution in [0.5, 0.6) is 0 Å².